The van der Waals surface area contributed by atoms with Crippen molar-refractivity contribution >= 4 is 23.1 Å². The summed E-state index contributed by atoms with van der Waals surface area (Å²) < 4.78 is 0. The monoisotopic (exact) mass is 228 g/mol. The van der Waals surface area contributed by atoms with Crippen LogP contribution in [0.3, 0.4) is 0 Å². The molecule has 1 amide bonds. The summed E-state index contributed by atoms with van der Waals surface area (Å²) in [6, 6.07) is 0. The zero-order valence-electron chi connectivity index (χ0n) is 9.45. The summed E-state index contributed by atoms with van der Waals surface area (Å²) in [6.45, 7) is 4.71. The molecule has 0 aromatic carbocycles. The van der Waals surface area contributed by atoms with E-state index in [1.165, 1.54) is 19.3 Å². The van der Waals surface area contributed by atoms with Crippen LogP contribution in [0.4, 0.5) is 0 Å². The lowest BCUT2D eigenvalue weighted by molar-refractivity contribution is -0.124. The first-order valence-electron chi connectivity index (χ1n) is 5.59. The van der Waals surface area contributed by atoms with Gasteiger partial charge < -0.3 is 11.1 Å². The van der Waals surface area contributed by atoms with Crippen molar-refractivity contribution in [3.8, 4) is 0 Å². The first-order chi connectivity index (χ1) is 7.02. The first-order valence-corrected chi connectivity index (χ1v) is 6.00. The molecule has 4 heteroatoms. The predicted molar refractivity (Wildman–Crippen MR) is 65.5 cm³/mol. The van der Waals surface area contributed by atoms with Crippen LogP contribution in [0, 0.1) is 17.8 Å². The van der Waals surface area contributed by atoms with Gasteiger partial charge >= 0.3 is 0 Å². The quantitative estimate of drug-likeness (QED) is 0.700. The summed E-state index contributed by atoms with van der Waals surface area (Å²) in [4.78, 5) is 12.1. The maximum atomic E-state index is 11.8. The average Bonchev–Trinajstić information content (AvgIpc) is 1.99. The Hall–Kier alpha value is -0.640. The molecule has 0 spiro atoms. The summed E-state index contributed by atoms with van der Waals surface area (Å²) in [7, 11) is 0. The van der Waals surface area contributed by atoms with Gasteiger partial charge in [-0.3, -0.25) is 4.79 Å². The van der Waals surface area contributed by atoms with E-state index in [2.05, 4.69) is 5.32 Å². The van der Waals surface area contributed by atoms with E-state index in [1.54, 1.807) is 0 Å². The van der Waals surface area contributed by atoms with Crippen LogP contribution in [0.5, 0.6) is 0 Å². The Bertz CT molecular complexity index is 249. The lowest BCUT2D eigenvalue weighted by Crippen LogP contribution is -2.43. The Kier molecular flexibility index (Phi) is 4.51. The Morgan fingerprint density at radius 3 is 2.47 bits per heavy atom. The summed E-state index contributed by atoms with van der Waals surface area (Å²) in [5.74, 6) is 0.515. The van der Waals surface area contributed by atoms with Crippen LogP contribution in [0.25, 0.3) is 0 Å². The topological polar surface area (TPSA) is 55.1 Å². The van der Waals surface area contributed by atoms with E-state index in [4.69, 9.17) is 18.0 Å². The zero-order valence-corrected chi connectivity index (χ0v) is 10.3. The molecule has 0 radical (unpaired) electrons. The van der Waals surface area contributed by atoms with E-state index in [0.29, 0.717) is 10.9 Å². The van der Waals surface area contributed by atoms with Gasteiger partial charge in [-0.15, -0.1) is 0 Å². The van der Waals surface area contributed by atoms with Crippen molar-refractivity contribution in [2.45, 2.75) is 33.1 Å². The van der Waals surface area contributed by atoms with Gasteiger partial charge in [0.1, 0.15) is 0 Å². The second-order valence-electron chi connectivity index (χ2n) is 4.67. The molecule has 0 aromatic heterocycles. The average molecular weight is 228 g/mol. The second-order valence-corrected chi connectivity index (χ2v) is 5.14. The minimum atomic E-state index is -0.319. The number of amides is 1. The third-order valence-corrected chi connectivity index (χ3v) is 3.30. The van der Waals surface area contributed by atoms with Crippen molar-refractivity contribution in [3.63, 3.8) is 0 Å². The fraction of sp³-hybridized carbons (Fsp3) is 0.818. The number of thiocarbonyl (C=S) groups is 1. The van der Waals surface area contributed by atoms with Gasteiger partial charge in [-0.1, -0.05) is 32.5 Å². The van der Waals surface area contributed by atoms with Crippen LogP contribution in [-0.2, 0) is 4.79 Å². The molecule has 1 rings (SSSR count). The smallest absolute Gasteiger partial charge is 0.230 e. The van der Waals surface area contributed by atoms with Gasteiger partial charge in [0.15, 0.2) is 0 Å². The highest BCUT2D eigenvalue weighted by molar-refractivity contribution is 7.80. The normalized spacial score (nSPS) is 18.3. The van der Waals surface area contributed by atoms with Crippen molar-refractivity contribution in [3.05, 3.63) is 0 Å². The molecule has 0 saturated heterocycles. The Morgan fingerprint density at radius 1 is 1.53 bits per heavy atom. The molecule has 0 heterocycles. The lowest BCUT2D eigenvalue weighted by atomic mass is 9.85. The fourth-order valence-electron chi connectivity index (χ4n) is 1.81. The van der Waals surface area contributed by atoms with E-state index >= 15 is 0 Å². The maximum absolute atomic E-state index is 11.8. The minimum absolute atomic E-state index is 0.00981. The molecule has 1 unspecified atom stereocenters. The third kappa shape index (κ3) is 3.45. The van der Waals surface area contributed by atoms with E-state index in [9.17, 15) is 4.79 Å². The van der Waals surface area contributed by atoms with Crippen LogP contribution in [0.15, 0.2) is 0 Å². The Morgan fingerprint density at radius 2 is 2.13 bits per heavy atom. The van der Waals surface area contributed by atoms with Crippen molar-refractivity contribution in [2.75, 3.05) is 6.54 Å². The van der Waals surface area contributed by atoms with E-state index in [1.807, 2.05) is 13.8 Å². The van der Waals surface area contributed by atoms with Crippen molar-refractivity contribution in [1.29, 1.82) is 0 Å². The maximum Gasteiger partial charge on any atom is 0.230 e. The number of hydrogen-bond acceptors (Lipinski definition) is 2. The van der Waals surface area contributed by atoms with Crippen LogP contribution in [-0.4, -0.2) is 17.4 Å². The van der Waals surface area contributed by atoms with Gasteiger partial charge in [0, 0.05) is 6.54 Å². The van der Waals surface area contributed by atoms with Gasteiger partial charge in [-0.2, -0.15) is 0 Å². The molecule has 3 N–H and O–H groups in total. The largest absolute Gasteiger partial charge is 0.393 e. The number of carbonyl (C=O) groups is 1. The van der Waals surface area contributed by atoms with Gasteiger partial charge in [-0.05, 0) is 24.7 Å². The summed E-state index contributed by atoms with van der Waals surface area (Å²) in [5.41, 5.74) is 5.56. The fourth-order valence-corrected chi connectivity index (χ4v) is 2.19. The molecule has 1 saturated carbocycles. The van der Waals surface area contributed by atoms with E-state index < -0.39 is 0 Å². The van der Waals surface area contributed by atoms with E-state index in [-0.39, 0.29) is 17.7 Å². The molecular weight excluding hydrogens is 208 g/mol. The summed E-state index contributed by atoms with van der Waals surface area (Å²) in [6.07, 6.45) is 3.77. The van der Waals surface area contributed by atoms with Crippen LogP contribution in [0.1, 0.15) is 33.1 Å². The van der Waals surface area contributed by atoms with E-state index in [0.717, 1.165) is 6.54 Å². The van der Waals surface area contributed by atoms with Crippen LogP contribution < -0.4 is 11.1 Å². The molecule has 1 aliphatic rings. The lowest BCUT2D eigenvalue weighted by Gasteiger charge is -2.27. The second kappa shape index (κ2) is 5.45. The van der Waals surface area contributed by atoms with Gasteiger partial charge in [0.2, 0.25) is 5.91 Å². The molecule has 1 atom stereocenters. The SMILES string of the molecule is CC(C)C(C(=O)NCC1CCC1)C(N)=S. The number of rotatable bonds is 5. The van der Waals surface area contributed by atoms with Gasteiger partial charge in [-0.25, -0.2) is 0 Å². The molecule has 1 fully saturated rings. The third-order valence-electron chi connectivity index (χ3n) is 3.05. The highest BCUT2D eigenvalue weighted by Crippen LogP contribution is 2.25. The number of nitrogens with one attached hydrogen (secondary N) is 1. The van der Waals surface area contributed by atoms with Gasteiger partial charge in [0.05, 0.1) is 10.9 Å². The summed E-state index contributed by atoms with van der Waals surface area (Å²) >= 11 is 4.91. The zero-order chi connectivity index (χ0) is 11.4. The molecule has 1 aliphatic carbocycles. The number of hydrogen-bond donors (Lipinski definition) is 2. The highest BCUT2D eigenvalue weighted by Gasteiger charge is 2.26. The Balaban J connectivity index is 2.37. The molecule has 0 aromatic rings. The van der Waals surface area contributed by atoms with Crippen molar-refractivity contribution < 1.29 is 4.79 Å². The molecule has 3 nitrogen and oxygen atoms in total. The summed E-state index contributed by atoms with van der Waals surface area (Å²) in [5, 5.41) is 2.94. The van der Waals surface area contributed by atoms with Crippen LogP contribution in [0.2, 0.25) is 0 Å². The molecule has 0 bridgehead atoms. The standard InChI is InChI=1S/C11H20N2OS/c1-7(2)9(10(12)15)11(14)13-6-8-4-3-5-8/h7-9H,3-6H2,1-2H3,(H2,12,15)(H,13,14). The minimum Gasteiger partial charge on any atom is -0.393 e. The highest BCUT2D eigenvalue weighted by atomic mass is 32.1. The van der Waals surface area contributed by atoms with Crippen LogP contribution >= 0.6 is 12.2 Å². The van der Waals surface area contributed by atoms with Crippen molar-refractivity contribution in [1.82, 2.24) is 5.32 Å². The number of nitrogens with two attached hydrogens (primary N) is 1. The van der Waals surface area contributed by atoms with Gasteiger partial charge in [0.25, 0.3) is 0 Å². The molecule has 0 aliphatic heterocycles. The molecule has 86 valence electrons. The van der Waals surface area contributed by atoms with Crippen molar-refractivity contribution in [2.24, 2.45) is 23.5 Å². The first kappa shape index (κ1) is 12.4. The number of carbonyl (C=O) groups excluding carboxylic acids is 1. The molecule has 15 heavy (non-hydrogen) atoms. The predicted octanol–water partition coefficient (Wildman–Crippen LogP) is 1.46. The molecular formula is C11H20N2OS. The Labute approximate surface area is 96.8 Å².